The second-order valence-electron chi connectivity index (χ2n) is 4.53. The normalized spacial score (nSPS) is 10.7. The summed E-state index contributed by atoms with van der Waals surface area (Å²) in [7, 11) is 1.93. The number of thiazole rings is 1. The topological polar surface area (TPSA) is 59.8 Å². The smallest absolute Gasteiger partial charge is 0.270 e. The van der Waals surface area contributed by atoms with E-state index < -0.39 is 0 Å². The van der Waals surface area contributed by atoms with Gasteiger partial charge in [-0.25, -0.2) is 4.98 Å². The minimum absolute atomic E-state index is 0.108. The van der Waals surface area contributed by atoms with Crippen LogP contribution in [0.25, 0.3) is 0 Å². The molecule has 0 aliphatic rings. The zero-order valence-corrected chi connectivity index (χ0v) is 12.5. The Kier molecular flexibility index (Phi) is 3.99. The number of carbonyl (C=O) groups is 1. The summed E-state index contributed by atoms with van der Waals surface area (Å²) in [6, 6.07) is 0. The summed E-state index contributed by atoms with van der Waals surface area (Å²) in [6.45, 7) is 6.53. The van der Waals surface area contributed by atoms with Crippen molar-refractivity contribution in [2.45, 2.75) is 27.2 Å². The molecule has 2 aromatic heterocycles. The van der Waals surface area contributed by atoms with Crippen LogP contribution in [0.3, 0.4) is 0 Å². The third-order valence-corrected chi connectivity index (χ3v) is 3.94. The van der Waals surface area contributed by atoms with Gasteiger partial charge in [0.05, 0.1) is 10.7 Å². The molecule has 0 radical (unpaired) electrons. The van der Waals surface area contributed by atoms with E-state index in [0.29, 0.717) is 12.2 Å². The van der Waals surface area contributed by atoms with Crippen LogP contribution in [0.2, 0.25) is 0 Å². The van der Waals surface area contributed by atoms with Crippen LogP contribution in [0.1, 0.15) is 32.4 Å². The van der Waals surface area contributed by atoms with Gasteiger partial charge in [-0.05, 0) is 32.8 Å². The highest BCUT2D eigenvalue weighted by molar-refractivity contribution is 7.09. The van der Waals surface area contributed by atoms with Crippen molar-refractivity contribution in [2.75, 3.05) is 6.54 Å². The van der Waals surface area contributed by atoms with E-state index in [9.17, 15) is 4.79 Å². The molecular formula is C13H18N4OS. The molecule has 6 heteroatoms. The van der Waals surface area contributed by atoms with E-state index in [2.05, 4.69) is 15.4 Å². The lowest BCUT2D eigenvalue weighted by molar-refractivity contribution is 0.0949. The van der Waals surface area contributed by atoms with E-state index in [1.807, 2.05) is 32.5 Å². The summed E-state index contributed by atoms with van der Waals surface area (Å²) in [4.78, 5) is 16.0. The molecule has 0 bridgehead atoms. The van der Waals surface area contributed by atoms with Crippen molar-refractivity contribution in [1.82, 2.24) is 20.1 Å². The van der Waals surface area contributed by atoms with Crippen LogP contribution < -0.4 is 5.32 Å². The number of rotatable bonds is 4. The number of hydrogen-bond donors (Lipinski definition) is 1. The van der Waals surface area contributed by atoms with Crippen molar-refractivity contribution in [3.8, 4) is 0 Å². The van der Waals surface area contributed by atoms with Gasteiger partial charge in [0.15, 0.2) is 0 Å². The highest BCUT2D eigenvalue weighted by Gasteiger charge is 2.11. The van der Waals surface area contributed by atoms with Gasteiger partial charge in [0.1, 0.15) is 5.69 Å². The quantitative estimate of drug-likeness (QED) is 0.927. The molecule has 0 unspecified atom stereocenters. The summed E-state index contributed by atoms with van der Waals surface area (Å²) in [6.07, 6.45) is 0.792. The maximum Gasteiger partial charge on any atom is 0.270 e. The molecule has 19 heavy (non-hydrogen) atoms. The second kappa shape index (κ2) is 5.52. The van der Waals surface area contributed by atoms with Gasteiger partial charge in [-0.2, -0.15) is 5.10 Å². The number of aromatic nitrogens is 3. The highest BCUT2D eigenvalue weighted by Crippen LogP contribution is 2.12. The lowest BCUT2D eigenvalue weighted by atomic mass is 10.1. The standard InChI is InChI=1S/C13H18N4OS/c1-8-11(9(2)17(4)16-8)5-6-14-13(18)12-7-19-10(3)15-12/h7H,5-6H2,1-4H3,(H,14,18). The summed E-state index contributed by atoms with van der Waals surface area (Å²) in [5, 5.41) is 9.95. The van der Waals surface area contributed by atoms with Gasteiger partial charge in [-0.3, -0.25) is 9.48 Å². The van der Waals surface area contributed by atoms with Crippen molar-refractivity contribution in [3.63, 3.8) is 0 Å². The van der Waals surface area contributed by atoms with E-state index in [0.717, 1.165) is 22.8 Å². The Balaban J connectivity index is 1.92. The zero-order valence-electron chi connectivity index (χ0n) is 11.6. The second-order valence-corrected chi connectivity index (χ2v) is 5.59. The van der Waals surface area contributed by atoms with E-state index in [1.54, 1.807) is 5.38 Å². The Labute approximate surface area is 116 Å². The number of hydrogen-bond acceptors (Lipinski definition) is 4. The van der Waals surface area contributed by atoms with E-state index >= 15 is 0 Å². The van der Waals surface area contributed by atoms with Crippen molar-refractivity contribution in [2.24, 2.45) is 7.05 Å². The van der Waals surface area contributed by atoms with Gasteiger partial charge in [-0.15, -0.1) is 11.3 Å². The number of carbonyl (C=O) groups excluding carboxylic acids is 1. The molecule has 2 aromatic rings. The van der Waals surface area contributed by atoms with Crippen molar-refractivity contribution < 1.29 is 4.79 Å². The zero-order chi connectivity index (χ0) is 14.0. The number of nitrogens with one attached hydrogen (secondary N) is 1. The van der Waals surface area contributed by atoms with Crippen LogP contribution in [0.5, 0.6) is 0 Å². The van der Waals surface area contributed by atoms with E-state index in [-0.39, 0.29) is 5.91 Å². The fourth-order valence-corrected chi connectivity index (χ4v) is 2.63. The predicted octanol–water partition coefficient (Wildman–Crippen LogP) is 1.77. The lowest BCUT2D eigenvalue weighted by Gasteiger charge is -2.04. The van der Waals surface area contributed by atoms with Gasteiger partial charge >= 0.3 is 0 Å². The monoisotopic (exact) mass is 278 g/mol. The fourth-order valence-electron chi connectivity index (χ4n) is 2.04. The third kappa shape index (κ3) is 3.01. The van der Waals surface area contributed by atoms with Gasteiger partial charge in [-0.1, -0.05) is 0 Å². The summed E-state index contributed by atoms with van der Waals surface area (Å²) in [5.41, 5.74) is 3.88. The minimum atomic E-state index is -0.108. The lowest BCUT2D eigenvalue weighted by Crippen LogP contribution is -2.26. The molecule has 2 heterocycles. The average Bonchev–Trinajstić information content (AvgIpc) is 2.88. The molecule has 5 nitrogen and oxygen atoms in total. The molecule has 1 N–H and O–H groups in total. The largest absolute Gasteiger partial charge is 0.350 e. The first-order chi connectivity index (χ1) is 8.99. The first kappa shape index (κ1) is 13.7. The molecule has 0 atom stereocenters. The van der Waals surface area contributed by atoms with Gasteiger partial charge in [0, 0.05) is 24.7 Å². The Morgan fingerprint density at radius 1 is 1.42 bits per heavy atom. The predicted molar refractivity (Wildman–Crippen MR) is 75.6 cm³/mol. The minimum Gasteiger partial charge on any atom is -0.350 e. The van der Waals surface area contributed by atoms with Crippen molar-refractivity contribution in [3.05, 3.63) is 33.0 Å². The number of nitrogens with zero attached hydrogens (tertiary/aromatic N) is 3. The molecule has 0 saturated heterocycles. The van der Waals surface area contributed by atoms with Gasteiger partial charge < -0.3 is 5.32 Å². The summed E-state index contributed by atoms with van der Waals surface area (Å²) < 4.78 is 1.87. The van der Waals surface area contributed by atoms with Crippen molar-refractivity contribution >= 4 is 17.2 Å². The summed E-state index contributed by atoms with van der Waals surface area (Å²) >= 11 is 1.49. The Morgan fingerprint density at radius 3 is 2.68 bits per heavy atom. The molecule has 0 saturated carbocycles. The highest BCUT2D eigenvalue weighted by atomic mass is 32.1. The average molecular weight is 278 g/mol. The van der Waals surface area contributed by atoms with E-state index in [4.69, 9.17) is 0 Å². The maximum atomic E-state index is 11.8. The first-order valence-corrected chi connectivity index (χ1v) is 7.06. The fraction of sp³-hybridized carbons (Fsp3) is 0.462. The summed E-state index contributed by atoms with van der Waals surface area (Å²) in [5.74, 6) is -0.108. The molecular weight excluding hydrogens is 260 g/mol. The Hall–Kier alpha value is -1.69. The molecule has 0 spiro atoms. The SMILES string of the molecule is Cc1nc(C(=O)NCCc2c(C)nn(C)c2C)cs1. The van der Waals surface area contributed by atoms with Crippen LogP contribution in [0.15, 0.2) is 5.38 Å². The Bertz CT molecular complexity index is 600. The number of aryl methyl sites for hydroxylation is 3. The third-order valence-electron chi connectivity index (χ3n) is 3.17. The van der Waals surface area contributed by atoms with Crippen LogP contribution in [-0.2, 0) is 13.5 Å². The van der Waals surface area contributed by atoms with Gasteiger partial charge in [0.25, 0.3) is 5.91 Å². The molecule has 0 fully saturated rings. The molecule has 0 aliphatic carbocycles. The van der Waals surface area contributed by atoms with Crippen LogP contribution in [-0.4, -0.2) is 27.2 Å². The molecule has 0 aromatic carbocycles. The van der Waals surface area contributed by atoms with Crippen LogP contribution in [0.4, 0.5) is 0 Å². The molecule has 2 rings (SSSR count). The molecule has 1 amide bonds. The van der Waals surface area contributed by atoms with E-state index in [1.165, 1.54) is 16.9 Å². The van der Waals surface area contributed by atoms with Crippen molar-refractivity contribution in [1.29, 1.82) is 0 Å². The van der Waals surface area contributed by atoms with Crippen LogP contribution >= 0.6 is 11.3 Å². The van der Waals surface area contributed by atoms with Gasteiger partial charge in [0.2, 0.25) is 0 Å². The molecule has 0 aliphatic heterocycles. The maximum absolute atomic E-state index is 11.8. The first-order valence-electron chi connectivity index (χ1n) is 6.18. The van der Waals surface area contributed by atoms with Crippen LogP contribution in [0, 0.1) is 20.8 Å². The Morgan fingerprint density at radius 2 is 2.16 bits per heavy atom. The number of amides is 1. The molecule has 102 valence electrons.